The highest BCUT2D eigenvalue weighted by Crippen LogP contribution is 2.34. The van der Waals surface area contributed by atoms with Crippen molar-refractivity contribution in [1.29, 1.82) is 0 Å². The normalized spacial score (nSPS) is 14.4. The minimum atomic E-state index is -2.51. The summed E-state index contributed by atoms with van der Waals surface area (Å²) in [5.41, 5.74) is 9.11. The lowest BCUT2D eigenvalue weighted by molar-refractivity contribution is 0.152. The van der Waals surface area contributed by atoms with Gasteiger partial charge in [0.25, 0.3) is 6.43 Å². The lowest BCUT2D eigenvalue weighted by Crippen LogP contribution is -2.31. The zero-order valence-electron chi connectivity index (χ0n) is 11.0. The highest BCUT2D eigenvalue weighted by Gasteiger charge is 2.21. The molecule has 1 heterocycles. The van der Waals surface area contributed by atoms with E-state index in [1.165, 1.54) is 17.2 Å². The van der Waals surface area contributed by atoms with Gasteiger partial charge in [-0.05, 0) is 35.7 Å². The highest BCUT2D eigenvalue weighted by atomic mass is 19.3. The van der Waals surface area contributed by atoms with Crippen LogP contribution < -0.4 is 10.6 Å². The van der Waals surface area contributed by atoms with Gasteiger partial charge in [0.1, 0.15) is 0 Å². The van der Waals surface area contributed by atoms with E-state index in [-0.39, 0.29) is 5.56 Å². The fourth-order valence-electron chi connectivity index (χ4n) is 2.74. The van der Waals surface area contributed by atoms with Crippen molar-refractivity contribution in [3.63, 3.8) is 0 Å². The maximum Gasteiger partial charge on any atom is 0.265 e. The molecule has 0 radical (unpaired) electrons. The van der Waals surface area contributed by atoms with Crippen LogP contribution in [0.5, 0.6) is 0 Å². The first-order chi connectivity index (χ1) is 9.65. The lowest BCUT2D eigenvalue weighted by atomic mass is 9.98. The molecule has 2 N–H and O–H groups in total. The van der Waals surface area contributed by atoms with Crippen molar-refractivity contribution in [3.05, 3.63) is 59.2 Å². The third kappa shape index (κ3) is 2.33. The van der Waals surface area contributed by atoms with Crippen LogP contribution in [0.25, 0.3) is 0 Å². The number of fused-ring (bicyclic) bond motifs is 1. The minimum Gasteiger partial charge on any atom is -0.399 e. The quantitative estimate of drug-likeness (QED) is 0.845. The average molecular weight is 274 g/mol. The van der Waals surface area contributed by atoms with Gasteiger partial charge in [0.2, 0.25) is 0 Å². The van der Waals surface area contributed by atoms with Crippen molar-refractivity contribution >= 4 is 11.4 Å². The summed E-state index contributed by atoms with van der Waals surface area (Å²) in [4.78, 5) is 2.00. The molecule has 2 nitrogen and oxygen atoms in total. The van der Waals surface area contributed by atoms with E-state index in [1.807, 2.05) is 17.0 Å². The predicted octanol–water partition coefficient (Wildman–Crippen LogP) is 3.77. The molecule has 0 aromatic heterocycles. The topological polar surface area (TPSA) is 29.3 Å². The van der Waals surface area contributed by atoms with Crippen molar-refractivity contribution in [2.24, 2.45) is 0 Å². The van der Waals surface area contributed by atoms with Crippen molar-refractivity contribution in [1.82, 2.24) is 0 Å². The molecule has 1 aliphatic rings. The van der Waals surface area contributed by atoms with Crippen LogP contribution in [0, 0.1) is 0 Å². The Balaban J connectivity index is 1.95. The van der Waals surface area contributed by atoms with E-state index in [2.05, 4.69) is 12.1 Å². The van der Waals surface area contributed by atoms with Crippen molar-refractivity contribution < 1.29 is 8.78 Å². The van der Waals surface area contributed by atoms with Crippen LogP contribution in [0.4, 0.5) is 20.2 Å². The third-order valence-electron chi connectivity index (χ3n) is 3.76. The maximum absolute atomic E-state index is 13.2. The molecular weight excluding hydrogens is 258 g/mol. The molecule has 0 amide bonds. The number of anilines is 2. The summed E-state index contributed by atoms with van der Waals surface area (Å²) < 4.78 is 26.4. The van der Waals surface area contributed by atoms with Crippen LogP contribution in [0.15, 0.2) is 42.5 Å². The molecule has 4 heteroatoms. The fourth-order valence-corrected chi connectivity index (χ4v) is 2.74. The average Bonchev–Trinajstić information content (AvgIpc) is 2.46. The Morgan fingerprint density at radius 3 is 2.55 bits per heavy atom. The SMILES string of the molecule is Nc1ccc(N2CCc3ccccc3C2)c(C(F)F)c1. The number of nitrogens with two attached hydrogens (primary N) is 1. The van der Waals surface area contributed by atoms with E-state index in [0.717, 1.165) is 13.0 Å². The van der Waals surface area contributed by atoms with E-state index < -0.39 is 6.43 Å². The molecule has 1 aliphatic heterocycles. The molecule has 0 saturated carbocycles. The second-order valence-electron chi connectivity index (χ2n) is 5.06. The lowest BCUT2D eigenvalue weighted by Gasteiger charge is -2.32. The van der Waals surface area contributed by atoms with Gasteiger partial charge >= 0.3 is 0 Å². The van der Waals surface area contributed by atoms with Crippen LogP contribution in [0.2, 0.25) is 0 Å². The molecule has 0 atom stereocenters. The molecule has 0 aliphatic carbocycles. The highest BCUT2D eigenvalue weighted by molar-refractivity contribution is 5.61. The van der Waals surface area contributed by atoms with E-state index in [4.69, 9.17) is 5.73 Å². The molecule has 0 unspecified atom stereocenters. The summed E-state index contributed by atoms with van der Waals surface area (Å²) in [5, 5.41) is 0. The van der Waals surface area contributed by atoms with Gasteiger partial charge in [-0.3, -0.25) is 0 Å². The predicted molar refractivity (Wildman–Crippen MR) is 77.0 cm³/mol. The summed E-state index contributed by atoms with van der Waals surface area (Å²) in [6.07, 6.45) is -1.63. The third-order valence-corrected chi connectivity index (χ3v) is 3.76. The Labute approximate surface area is 116 Å². The van der Waals surface area contributed by atoms with Crippen LogP contribution in [-0.4, -0.2) is 6.54 Å². The molecular formula is C16H16F2N2. The van der Waals surface area contributed by atoms with Crippen LogP contribution in [0.3, 0.4) is 0 Å². The number of hydrogen-bond donors (Lipinski definition) is 1. The Morgan fingerprint density at radius 1 is 1.05 bits per heavy atom. The van der Waals surface area contributed by atoms with Crippen LogP contribution in [0.1, 0.15) is 23.1 Å². The zero-order chi connectivity index (χ0) is 14.1. The van der Waals surface area contributed by atoms with Crippen molar-refractivity contribution in [2.45, 2.75) is 19.4 Å². The molecule has 3 rings (SSSR count). The first-order valence-corrected chi connectivity index (χ1v) is 6.64. The van der Waals surface area contributed by atoms with Gasteiger partial charge in [-0.25, -0.2) is 8.78 Å². The van der Waals surface area contributed by atoms with Crippen molar-refractivity contribution in [3.8, 4) is 0 Å². The smallest absolute Gasteiger partial charge is 0.265 e. The first kappa shape index (κ1) is 12.9. The van der Waals surface area contributed by atoms with Gasteiger partial charge in [0, 0.05) is 30.0 Å². The summed E-state index contributed by atoms with van der Waals surface area (Å²) >= 11 is 0. The van der Waals surface area contributed by atoms with Gasteiger partial charge < -0.3 is 10.6 Å². The van der Waals surface area contributed by atoms with Crippen LogP contribution >= 0.6 is 0 Å². The number of alkyl halides is 2. The summed E-state index contributed by atoms with van der Waals surface area (Å²) in [6, 6.07) is 12.9. The number of nitrogen functional groups attached to an aromatic ring is 1. The van der Waals surface area contributed by atoms with E-state index in [0.29, 0.717) is 17.9 Å². The number of benzene rings is 2. The zero-order valence-corrected chi connectivity index (χ0v) is 11.0. The monoisotopic (exact) mass is 274 g/mol. The Morgan fingerprint density at radius 2 is 1.80 bits per heavy atom. The summed E-state index contributed by atoms with van der Waals surface area (Å²) in [5.74, 6) is 0. The Hall–Kier alpha value is -2.10. The van der Waals surface area contributed by atoms with Gasteiger partial charge in [-0.2, -0.15) is 0 Å². The Bertz CT molecular complexity index is 626. The number of hydrogen-bond acceptors (Lipinski definition) is 2. The van der Waals surface area contributed by atoms with Crippen LogP contribution in [-0.2, 0) is 13.0 Å². The minimum absolute atomic E-state index is 0.0179. The number of rotatable bonds is 2. The molecule has 0 saturated heterocycles. The number of halogens is 2. The fraction of sp³-hybridized carbons (Fsp3) is 0.250. The molecule has 0 fully saturated rings. The number of nitrogens with zero attached hydrogens (tertiary/aromatic N) is 1. The van der Waals surface area contributed by atoms with Crippen molar-refractivity contribution in [2.75, 3.05) is 17.2 Å². The van der Waals surface area contributed by atoms with Gasteiger partial charge in [-0.1, -0.05) is 24.3 Å². The van der Waals surface area contributed by atoms with Gasteiger partial charge in [0.05, 0.1) is 0 Å². The van der Waals surface area contributed by atoms with Gasteiger partial charge in [0.15, 0.2) is 0 Å². The standard InChI is InChI=1S/C16H16F2N2/c17-16(18)14-9-13(19)5-6-15(14)20-8-7-11-3-1-2-4-12(11)10-20/h1-6,9,16H,7-8,10,19H2. The Kier molecular flexibility index (Phi) is 3.30. The summed E-state index contributed by atoms with van der Waals surface area (Å²) in [7, 11) is 0. The molecule has 0 bridgehead atoms. The second kappa shape index (κ2) is 5.12. The molecule has 104 valence electrons. The summed E-state index contributed by atoms with van der Waals surface area (Å²) in [6.45, 7) is 1.42. The first-order valence-electron chi connectivity index (χ1n) is 6.64. The molecule has 2 aromatic rings. The van der Waals surface area contributed by atoms with E-state index in [9.17, 15) is 8.78 Å². The largest absolute Gasteiger partial charge is 0.399 e. The van der Waals surface area contributed by atoms with Gasteiger partial charge in [-0.15, -0.1) is 0 Å². The maximum atomic E-state index is 13.2. The molecule has 20 heavy (non-hydrogen) atoms. The molecule has 0 spiro atoms. The molecule has 2 aromatic carbocycles. The second-order valence-corrected chi connectivity index (χ2v) is 5.06. The van der Waals surface area contributed by atoms with E-state index in [1.54, 1.807) is 12.1 Å². The van der Waals surface area contributed by atoms with E-state index >= 15 is 0 Å².